The van der Waals surface area contributed by atoms with E-state index < -0.39 is 17.8 Å². The van der Waals surface area contributed by atoms with E-state index >= 15 is 0 Å². The summed E-state index contributed by atoms with van der Waals surface area (Å²) in [6, 6.07) is 13.7. The van der Waals surface area contributed by atoms with Crippen LogP contribution in [0.4, 0.5) is 0 Å². The van der Waals surface area contributed by atoms with Gasteiger partial charge in [0.2, 0.25) is 0 Å². The molecule has 0 saturated heterocycles. The predicted molar refractivity (Wildman–Crippen MR) is 139 cm³/mol. The average molecular weight is 490 g/mol. The highest BCUT2D eigenvalue weighted by atomic mass is 16.5. The van der Waals surface area contributed by atoms with Crippen LogP contribution in [0.15, 0.2) is 65.5 Å². The van der Waals surface area contributed by atoms with Crippen LogP contribution in [0.5, 0.6) is 11.5 Å². The molecule has 2 aromatic rings. The number of allylic oxidation sites excluding steroid dienone is 3. The van der Waals surface area contributed by atoms with Gasteiger partial charge in [0.1, 0.15) is 23.9 Å². The van der Waals surface area contributed by atoms with E-state index in [9.17, 15) is 9.59 Å². The van der Waals surface area contributed by atoms with Gasteiger partial charge in [0.25, 0.3) is 0 Å². The van der Waals surface area contributed by atoms with Gasteiger partial charge < -0.3 is 19.5 Å². The second-order valence-corrected chi connectivity index (χ2v) is 10.2. The van der Waals surface area contributed by atoms with Gasteiger partial charge in [0, 0.05) is 29.3 Å². The minimum absolute atomic E-state index is 0.109. The van der Waals surface area contributed by atoms with Crippen molar-refractivity contribution in [3.8, 4) is 11.5 Å². The van der Waals surface area contributed by atoms with Crippen molar-refractivity contribution in [1.82, 2.24) is 5.32 Å². The molecule has 190 valence electrons. The summed E-state index contributed by atoms with van der Waals surface area (Å²) in [6.07, 6.45) is 2.54. The number of aryl methyl sites for hydroxylation is 1. The highest BCUT2D eigenvalue weighted by molar-refractivity contribution is 5.96. The van der Waals surface area contributed by atoms with Crippen molar-refractivity contribution < 1.29 is 23.8 Å². The Labute approximate surface area is 213 Å². The number of esters is 1. The lowest BCUT2D eigenvalue weighted by atomic mass is 9.66. The number of rotatable bonds is 7. The smallest absolute Gasteiger partial charge is 0.336 e. The zero-order chi connectivity index (χ0) is 26.0. The van der Waals surface area contributed by atoms with Crippen molar-refractivity contribution >= 4 is 11.8 Å². The molecule has 0 fully saturated rings. The summed E-state index contributed by atoms with van der Waals surface area (Å²) in [5.41, 5.74) is 4.64. The number of carbonyl (C=O) groups excluding carboxylic acids is 2. The van der Waals surface area contributed by atoms with E-state index in [1.54, 1.807) is 14.0 Å². The summed E-state index contributed by atoms with van der Waals surface area (Å²) in [6.45, 7) is 10.3. The molecule has 1 heterocycles. The van der Waals surface area contributed by atoms with Crippen LogP contribution in [-0.4, -0.2) is 25.5 Å². The van der Waals surface area contributed by atoms with Crippen molar-refractivity contribution in [3.05, 3.63) is 82.2 Å². The minimum atomic E-state index is -0.486. The average Bonchev–Trinajstić information content (AvgIpc) is 2.82. The van der Waals surface area contributed by atoms with E-state index in [0.29, 0.717) is 23.4 Å². The number of ketones is 1. The van der Waals surface area contributed by atoms with E-state index in [1.165, 1.54) is 0 Å². The number of hydrogen-bond acceptors (Lipinski definition) is 6. The van der Waals surface area contributed by atoms with Gasteiger partial charge in [-0.1, -0.05) is 43.7 Å². The van der Waals surface area contributed by atoms with Crippen molar-refractivity contribution in [3.63, 3.8) is 0 Å². The third-order valence-corrected chi connectivity index (χ3v) is 6.81. The summed E-state index contributed by atoms with van der Waals surface area (Å²) in [5, 5.41) is 3.35. The first-order valence-corrected chi connectivity index (χ1v) is 12.4. The zero-order valence-corrected chi connectivity index (χ0v) is 21.9. The van der Waals surface area contributed by atoms with Crippen LogP contribution in [-0.2, 0) is 20.9 Å². The molecule has 1 N–H and O–H groups in total. The Morgan fingerprint density at radius 3 is 2.47 bits per heavy atom. The van der Waals surface area contributed by atoms with Crippen LogP contribution >= 0.6 is 0 Å². The topological polar surface area (TPSA) is 73.9 Å². The highest BCUT2D eigenvalue weighted by Gasteiger charge is 2.46. The number of nitrogens with one attached hydrogen (secondary N) is 1. The molecule has 2 aromatic carbocycles. The zero-order valence-electron chi connectivity index (χ0n) is 21.9. The summed E-state index contributed by atoms with van der Waals surface area (Å²) < 4.78 is 17.1. The van der Waals surface area contributed by atoms with Gasteiger partial charge >= 0.3 is 5.97 Å². The summed E-state index contributed by atoms with van der Waals surface area (Å²) >= 11 is 0. The summed E-state index contributed by atoms with van der Waals surface area (Å²) in [5.74, 6) is 0.192. The van der Waals surface area contributed by atoms with E-state index in [0.717, 1.165) is 28.1 Å². The van der Waals surface area contributed by atoms with Gasteiger partial charge in [-0.25, -0.2) is 4.79 Å². The maximum absolute atomic E-state index is 13.5. The van der Waals surface area contributed by atoms with Crippen molar-refractivity contribution in [2.24, 2.45) is 11.3 Å². The molecule has 1 aliphatic carbocycles. The van der Waals surface area contributed by atoms with E-state index in [-0.39, 0.29) is 24.4 Å². The number of Topliss-reactive ketones (excluding diaryl/α,β-unsaturated/α-hetero) is 1. The van der Waals surface area contributed by atoms with Gasteiger partial charge in [-0.3, -0.25) is 4.79 Å². The first-order valence-electron chi connectivity index (χ1n) is 12.4. The molecule has 1 aliphatic heterocycles. The van der Waals surface area contributed by atoms with Crippen LogP contribution in [0.1, 0.15) is 56.7 Å². The Hall–Kier alpha value is -3.54. The molecule has 0 aromatic heterocycles. The van der Waals surface area contributed by atoms with Crippen molar-refractivity contribution in [2.75, 3.05) is 13.7 Å². The fraction of sp³-hybridized carbons (Fsp3) is 0.400. The van der Waals surface area contributed by atoms with Crippen molar-refractivity contribution in [1.29, 1.82) is 0 Å². The Bertz CT molecular complexity index is 1220. The number of carbonyl (C=O) groups is 2. The first-order chi connectivity index (χ1) is 17.1. The van der Waals surface area contributed by atoms with Crippen LogP contribution in [0, 0.1) is 18.3 Å². The van der Waals surface area contributed by atoms with Crippen LogP contribution in [0.25, 0.3) is 0 Å². The monoisotopic (exact) mass is 489 g/mol. The highest BCUT2D eigenvalue weighted by Crippen LogP contribution is 2.47. The number of hydrogen-bond donors (Lipinski definition) is 1. The number of methoxy groups -OCH3 is 1. The number of benzene rings is 2. The number of ether oxygens (including phenoxy) is 3. The Kier molecular flexibility index (Phi) is 7.25. The van der Waals surface area contributed by atoms with Gasteiger partial charge in [-0.2, -0.15) is 0 Å². The fourth-order valence-electron chi connectivity index (χ4n) is 5.21. The van der Waals surface area contributed by atoms with Crippen LogP contribution in [0.2, 0.25) is 0 Å². The van der Waals surface area contributed by atoms with E-state index in [1.807, 2.05) is 56.3 Å². The molecule has 6 heteroatoms. The largest absolute Gasteiger partial charge is 0.496 e. The third-order valence-electron chi connectivity index (χ3n) is 6.81. The van der Waals surface area contributed by atoms with Gasteiger partial charge in [-0.05, 0) is 56.0 Å². The molecule has 4 rings (SSSR count). The maximum Gasteiger partial charge on any atom is 0.336 e. The van der Waals surface area contributed by atoms with Gasteiger partial charge in [0.15, 0.2) is 0 Å². The quantitative estimate of drug-likeness (QED) is 0.510. The lowest BCUT2D eigenvalue weighted by Crippen LogP contribution is -2.43. The molecule has 0 saturated carbocycles. The Morgan fingerprint density at radius 1 is 1.08 bits per heavy atom. The van der Waals surface area contributed by atoms with Crippen LogP contribution in [0.3, 0.4) is 0 Å². The van der Waals surface area contributed by atoms with E-state index in [4.69, 9.17) is 14.2 Å². The molecule has 36 heavy (non-hydrogen) atoms. The predicted octanol–water partition coefficient (Wildman–Crippen LogP) is 5.61. The Morgan fingerprint density at radius 2 is 1.81 bits per heavy atom. The normalized spacial score (nSPS) is 20.7. The summed E-state index contributed by atoms with van der Waals surface area (Å²) in [7, 11) is 1.62. The molecule has 2 unspecified atom stereocenters. The minimum Gasteiger partial charge on any atom is -0.496 e. The number of fused-ring (bicyclic) bond motifs is 1. The molecule has 6 nitrogen and oxygen atoms in total. The lowest BCUT2D eigenvalue weighted by Gasteiger charge is -2.41. The lowest BCUT2D eigenvalue weighted by molar-refractivity contribution is -0.139. The van der Waals surface area contributed by atoms with Crippen LogP contribution < -0.4 is 14.8 Å². The van der Waals surface area contributed by atoms with Gasteiger partial charge in [0.05, 0.1) is 25.2 Å². The van der Waals surface area contributed by atoms with Gasteiger partial charge in [-0.15, -0.1) is 0 Å². The molecule has 0 radical (unpaired) electrons. The molecule has 2 aliphatic rings. The van der Waals surface area contributed by atoms with E-state index in [2.05, 4.69) is 25.2 Å². The second kappa shape index (κ2) is 10.2. The molecule has 0 bridgehead atoms. The molecule has 2 atom stereocenters. The standard InChI is InChI=1S/C30H35NO5/c1-7-35-29(33)26-19(3)31-23-15-30(4,5)16-24(32)28(23)27(26)20-10-13-25(34-6)21(14-20)17-36-22-11-8-18(2)9-12-22/h8-15,27-28,31H,7,16-17H2,1-6H3. The van der Waals surface area contributed by atoms with Crippen molar-refractivity contribution in [2.45, 2.75) is 53.6 Å². The SMILES string of the molecule is CCOC(=O)C1=C(C)NC2=CC(C)(C)CC(=O)C2C1c1ccc(OC)c(COc2ccc(C)cc2)c1. The first kappa shape index (κ1) is 25.5. The second-order valence-electron chi connectivity index (χ2n) is 10.2. The third kappa shape index (κ3) is 5.18. The molecular formula is C30H35NO5. The summed E-state index contributed by atoms with van der Waals surface area (Å²) in [4.78, 5) is 26.6. The maximum atomic E-state index is 13.5. The fourth-order valence-corrected chi connectivity index (χ4v) is 5.21. The Balaban J connectivity index is 1.78. The molecular weight excluding hydrogens is 454 g/mol. The molecule has 0 spiro atoms. The molecule has 0 amide bonds.